The highest BCUT2D eigenvalue weighted by Crippen LogP contribution is 2.28. The fourth-order valence-corrected chi connectivity index (χ4v) is 1.56. The Bertz CT molecular complexity index is 263. The first kappa shape index (κ1) is 8.51. The van der Waals surface area contributed by atoms with Crippen LogP contribution in [-0.4, -0.2) is 24.8 Å². The second-order valence-corrected chi connectivity index (χ2v) is 3.21. The smallest absolute Gasteiger partial charge is 0.126 e. The molecule has 0 fully saturated rings. The molecule has 1 atom stereocenters. The Labute approximate surface area is 77.7 Å². The molecule has 0 N–H and O–H groups in total. The van der Waals surface area contributed by atoms with Gasteiger partial charge in [0, 0.05) is 44.5 Å². The predicted octanol–water partition coefficient (Wildman–Crippen LogP) is 1.42. The van der Waals surface area contributed by atoms with Gasteiger partial charge >= 0.3 is 0 Å². The van der Waals surface area contributed by atoms with Crippen LogP contribution in [0.4, 0.5) is 0 Å². The van der Waals surface area contributed by atoms with E-state index < -0.39 is 0 Å². The van der Waals surface area contributed by atoms with E-state index in [0.717, 1.165) is 25.2 Å². The zero-order valence-electron chi connectivity index (χ0n) is 7.69. The molecule has 70 valence electrons. The number of pyridine rings is 1. The summed E-state index contributed by atoms with van der Waals surface area (Å²) in [5, 5.41) is 0. The van der Waals surface area contributed by atoms with E-state index in [-0.39, 0.29) is 6.10 Å². The maximum absolute atomic E-state index is 5.69. The van der Waals surface area contributed by atoms with Gasteiger partial charge in [-0.05, 0) is 6.07 Å². The average Bonchev–Trinajstić information content (AvgIpc) is 2.57. The minimum absolute atomic E-state index is 0.277. The van der Waals surface area contributed by atoms with Crippen LogP contribution in [0.25, 0.3) is 0 Å². The van der Waals surface area contributed by atoms with Gasteiger partial charge in [0.25, 0.3) is 0 Å². The zero-order chi connectivity index (χ0) is 9.10. The lowest BCUT2D eigenvalue weighted by atomic mass is 10.1. The number of hydrogen-bond donors (Lipinski definition) is 0. The van der Waals surface area contributed by atoms with Crippen LogP contribution in [0, 0.1) is 0 Å². The quantitative estimate of drug-likeness (QED) is 0.703. The highest BCUT2D eigenvalue weighted by atomic mass is 16.5. The van der Waals surface area contributed by atoms with Gasteiger partial charge in [0.1, 0.15) is 11.9 Å². The van der Waals surface area contributed by atoms with Gasteiger partial charge in [-0.25, -0.2) is 0 Å². The number of rotatable bonds is 3. The van der Waals surface area contributed by atoms with Crippen LogP contribution in [0.5, 0.6) is 5.75 Å². The molecule has 1 aliphatic heterocycles. The molecule has 0 saturated heterocycles. The molecule has 0 aliphatic carbocycles. The van der Waals surface area contributed by atoms with Crippen molar-refractivity contribution in [1.29, 1.82) is 0 Å². The van der Waals surface area contributed by atoms with Crippen LogP contribution >= 0.6 is 0 Å². The number of ether oxygens (including phenoxy) is 2. The second-order valence-electron chi connectivity index (χ2n) is 3.21. The molecule has 0 aromatic carbocycles. The molecule has 1 aliphatic rings. The molecule has 0 radical (unpaired) electrons. The van der Waals surface area contributed by atoms with Crippen LogP contribution in [-0.2, 0) is 11.2 Å². The van der Waals surface area contributed by atoms with Crippen molar-refractivity contribution in [3.05, 3.63) is 24.0 Å². The van der Waals surface area contributed by atoms with Gasteiger partial charge in [-0.15, -0.1) is 0 Å². The maximum atomic E-state index is 5.69. The first-order valence-electron chi connectivity index (χ1n) is 4.48. The monoisotopic (exact) mass is 179 g/mol. The summed E-state index contributed by atoms with van der Waals surface area (Å²) >= 11 is 0. The summed E-state index contributed by atoms with van der Waals surface area (Å²) in [5.41, 5.74) is 1.21. The highest BCUT2D eigenvalue weighted by molar-refractivity contribution is 5.34. The van der Waals surface area contributed by atoms with Crippen molar-refractivity contribution in [3.8, 4) is 5.75 Å². The Balaban J connectivity index is 1.97. The molecule has 2 heterocycles. The molecule has 13 heavy (non-hydrogen) atoms. The summed E-state index contributed by atoms with van der Waals surface area (Å²) in [7, 11) is 1.71. The van der Waals surface area contributed by atoms with Gasteiger partial charge in [-0.2, -0.15) is 0 Å². The number of hydrogen-bond acceptors (Lipinski definition) is 3. The molecule has 1 aromatic rings. The van der Waals surface area contributed by atoms with Crippen molar-refractivity contribution in [2.75, 3.05) is 13.7 Å². The number of nitrogens with zero attached hydrogens (tertiary/aromatic N) is 1. The zero-order valence-corrected chi connectivity index (χ0v) is 7.69. The minimum atomic E-state index is 0.277. The van der Waals surface area contributed by atoms with Crippen molar-refractivity contribution in [2.45, 2.75) is 18.9 Å². The molecule has 2 rings (SSSR count). The number of methoxy groups -OCH3 is 1. The van der Waals surface area contributed by atoms with Crippen LogP contribution < -0.4 is 4.74 Å². The fraction of sp³-hybridized carbons (Fsp3) is 0.500. The lowest BCUT2D eigenvalue weighted by molar-refractivity contribution is 0.138. The van der Waals surface area contributed by atoms with E-state index in [1.54, 1.807) is 13.3 Å². The molecule has 1 unspecified atom stereocenters. The van der Waals surface area contributed by atoms with Crippen molar-refractivity contribution in [1.82, 2.24) is 4.98 Å². The lowest BCUT2D eigenvalue weighted by Crippen LogP contribution is -2.15. The van der Waals surface area contributed by atoms with Gasteiger partial charge in [-0.3, -0.25) is 4.98 Å². The van der Waals surface area contributed by atoms with Crippen LogP contribution in [0.2, 0.25) is 0 Å². The largest absolute Gasteiger partial charge is 0.490 e. The van der Waals surface area contributed by atoms with Gasteiger partial charge < -0.3 is 9.47 Å². The summed E-state index contributed by atoms with van der Waals surface area (Å²) in [6.07, 6.45) is 5.83. The summed E-state index contributed by atoms with van der Waals surface area (Å²) in [6.45, 7) is 0.756. The van der Waals surface area contributed by atoms with E-state index >= 15 is 0 Å². The molecule has 0 spiro atoms. The minimum Gasteiger partial charge on any atom is -0.490 e. The third-order valence-electron chi connectivity index (χ3n) is 2.24. The molecule has 0 amide bonds. The maximum Gasteiger partial charge on any atom is 0.126 e. The first-order valence-corrected chi connectivity index (χ1v) is 4.48. The molecule has 1 aromatic heterocycles. The molecule has 3 heteroatoms. The summed E-state index contributed by atoms with van der Waals surface area (Å²) in [6, 6.07) is 1.92. The number of fused-ring (bicyclic) bond motifs is 1. The summed E-state index contributed by atoms with van der Waals surface area (Å²) in [5.74, 6) is 0.983. The SMILES string of the molecule is COCCC1Cc2cnccc2O1. The average molecular weight is 179 g/mol. The summed E-state index contributed by atoms with van der Waals surface area (Å²) < 4.78 is 10.7. The second kappa shape index (κ2) is 3.75. The van der Waals surface area contributed by atoms with Crippen LogP contribution in [0.15, 0.2) is 18.5 Å². The molecular formula is C10H13NO2. The Morgan fingerprint density at radius 3 is 3.38 bits per heavy atom. The first-order chi connectivity index (χ1) is 6.40. The van der Waals surface area contributed by atoms with Crippen molar-refractivity contribution in [3.63, 3.8) is 0 Å². The van der Waals surface area contributed by atoms with E-state index in [1.807, 2.05) is 12.3 Å². The fourth-order valence-electron chi connectivity index (χ4n) is 1.56. The van der Waals surface area contributed by atoms with Crippen molar-refractivity contribution >= 4 is 0 Å². The van der Waals surface area contributed by atoms with Gasteiger partial charge in [0.05, 0.1) is 0 Å². The Kier molecular flexibility index (Phi) is 2.45. The molecule has 0 bridgehead atoms. The third kappa shape index (κ3) is 1.80. The van der Waals surface area contributed by atoms with Crippen molar-refractivity contribution in [2.24, 2.45) is 0 Å². The highest BCUT2D eigenvalue weighted by Gasteiger charge is 2.21. The van der Waals surface area contributed by atoms with Crippen molar-refractivity contribution < 1.29 is 9.47 Å². The van der Waals surface area contributed by atoms with E-state index in [2.05, 4.69) is 4.98 Å². The molecule has 3 nitrogen and oxygen atoms in total. The van der Waals surface area contributed by atoms with Gasteiger partial charge in [0.2, 0.25) is 0 Å². The van der Waals surface area contributed by atoms with Crippen LogP contribution in [0.1, 0.15) is 12.0 Å². The predicted molar refractivity (Wildman–Crippen MR) is 48.9 cm³/mol. The Morgan fingerprint density at radius 1 is 1.69 bits per heavy atom. The van der Waals surface area contributed by atoms with E-state index in [0.29, 0.717) is 0 Å². The topological polar surface area (TPSA) is 31.4 Å². The number of aromatic nitrogens is 1. The van der Waals surface area contributed by atoms with E-state index in [4.69, 9.17) is 9.47 Å². The molecular weight excluding hydrogens is 166 g/mol. The van der Waals surface area contributed by atoms with Gasteiger partial charge in [-0.1, -0.05) is 0 Å². The molecule has 0 saturated carbocycles. The summed E-state index contributed by atoms with van der Waals surface area (Å²) in [4.78, 5) is 4.06. The normalized spacial score (nSPS) is 19.6. The Hall–Kier alpha value is -1.09. The standard InChI is InChI=1S/C10H13NO2/c1-12-5-3-9-6-8-7-11-4-2-10(8)13-9/h2,4,7,9H,3,5-6H2,1H3. The Morgan fingerprint density at radius 2 is 2.62 bits per heavy atom. The lowest BCUT2D eigenvalue weighted by Gasteiger charge is -2.08. The van der Waals surface area contributed by atoms with E-state index in [9.17, 15) is 0 Å². The van der Waals surface area contributed by atoms with E-state index in [1.165, 1.54) is 5.56 Å². The van der Waals surface area contributed by atoms with Gasteiger partial charge in [0.15, 0.2) is 0 Å². The van der Waals surface area contributed by atoms with Crippen LogP contribution in [0.3, 0.4) is 0 Å². The third-order valence-corrected chi connectivity index (χ3v) is 2.24.